The third-order valence-electron chi connectivity index (χ3n) is 5.07. The molecule has 1 aliphatic rings. The van der Waals surface area contributed by atoms with Crippen LogP contribution < -0.4 is 19.8 Å². The Hall–Kier alpha value is -3.10. The fraction of sp³-hybridized carbons (Fsp3) is 0.455. The van der Waals surface area contributed by atoms with Crippen LogP contribution in [0.15, 0.2) is 29.2 Å². The van der Waals surface area contributed by atoms with Crippen molar-refractivity contribution in [1.29, 1.82) is 0 Å². The minimum atomic E-state index is -2.95. The van der Waals surface area contributed by atoms with Gasteiger partial charge in [0, 0.05) is 19.7 Å². The number of alkyl halides is 2. The number of hydrogen-bond acceptors (Lipinski definition) is 5. The molecule has 0 bridgehead atoms. The Balaban J connectivity index is 1.90. The van der Waals surface area contributed by atoms with Crippen molar-refractivity contribution in [2.75, 3.05) is 6.61 Å². The number of benzene rings is 1. The number of ether oxygens (including phenoxy) is 3. The lowest BCUT2D eigenvalue weighted by Gasteiger charge is -2.15. The predicted molar refractivity (Wildman–Crippen MR) is 112 cm³/mol. The Kier molecular flexibility index (Phi) is 5.60. The molecule has 0 amide bonds. The van der Waals surface area contributed by atoms with E-state index in [0.29, 0.717) is 34.5 Å². The lowest BCUT2D eigenvalue weighted by atomic mass is 10.1. The highest BCUT2D eigenvalue weighted by molar-refractivity contribution is 5.94. The maximum Gasteiger partial charge on any atom is 0.387 e. The molecule has 0 N–H and O–H groups in total. The maximum atomic E-state index is 12.9. The first kappa shape index (κ1) is 21.1. The van der Waals surface area contributed by atoms with Gasteiger partial charge in [-0.05, 0) is 37.0 Å². The molecule has 1 fully saturated rings. The van der Waals surface area contributed by atoms with Crippen LogP contribution in [0, 0.1) is 5.92 Å². The van der Waals surface area contributed by atoms with Gasteiger partial charge in [0.15, 0.2) is 17.2 Å². The zero-order valence-electron chi connectivity index (χ0n) is 17.9. The molecule has 0 radical (unpaired) electrons. The van der Waals surface area contributed by atoms with Crippen LogP contribution >= 0.6 is 0 Å². The first-order valence-corrected chi connectivity index (χ1v) is 10.2. The fourth-order valence-electron chi connectivity index (χ4n) is 3.41. The highest BCUT2D eigenvalue weighted by atomic mass is 19.3. The first-order chi connectivity index (χ1) is 14.8. The van der Waals surface area contributed by atoms with Crippen molar-refractivity contribution in [3.05, 3.63) is 34.7 Å². The average molecular weight is 433 g/mol. The smallest absolute Gasteiger partial charge is 0.387 e. The van der Waals surface area contributed by atoms with Gasteiger partial charge in [0.1, 0.15) is 5.39 Å². The molecule has 9 heteroatoms. The van der Waals surface area contributed by atoms with Gasteiger partial charge in [-0.15, -0.1) is 0 Å². The number of nitrogens with zero attached hydrogens (tertiary/aromatic N) is 3. The largest absolute Gasteiger partial charge is 0.490 e. The summed E-state index contributed by atoms with van der Waals surface area (Å²) in [5.74, 6) is 0.900. The summed E-state index contributed by atoms with van der Waals surface area (Å²) in [6.45, 7) is 1.49. The lowest BCUT2D eigenvalue weighted by molar-refractivity contribution is -0.0516. The second-order valence-corrected chi connectivity index (χ2v) is 8.13. The molecule has 7 nitrogen and oxygen atoms in total. The van der Waals surface area contributed by atoms with E-state index >= 15 is 0 Å². The third-order valence-corrected chi connectivity index (χ3v) is 5.07. The van der Waals surface area contributed by atoms with E-state index in [-0.39, 0.29) is 29.1 Å². The summed E-state index contributed by atoms with van der Waals surface area (Å²) >= 11 is 0. The molecular weight excluding hydrogens is 408 g/mol. The minimum absolute atomic E-state index is 0.00378. The molecule has 1 aliphatic carbocycles. The van der Waals surface area contributed by atoms with Crippen LogP contribution in [0.5, 0.6) is 17.2 Å². The van der Waals surface area contributed by atoms with E-state index in [1.807, 2.05) is 25.5 Å². The topological polar surface area (TPSA) is 67.5 Å². The fourth-order valence-corrected chi connectivity index (χ4v) is 3.41. The normalized spacial score (nSPS) is 13.9. The summed E-state index contributed by atoms with van der Waals surface area (Å²) < 4.78 is 45.4. The standard InChI is InChI=1S/C22H25F2N3O4/c1-12(2)11-29-20-18-15(10-25-27(4)21(18)28)26(3)19(20)13-5-8-16(31-22(23)24)17(9-13)30-14-6-7-14/h5,8-10,12,14,22H,6-7,11H2,1-4H3. The molecule has 31 heavy (non-hydrogen) atoms. The van der Waals surface area contributed by atoms with E-state index in [9.17, 15) is 13.6 Å². The van der Waals surface area contributed by atoms with Crippen molar-refractivity contribution in [1.82, 2.24) is 14.3 Å². The summed E-state index contributed by atoms with van der Waals surface area (Å²) in [4.78, 5) is 12.9. The van der Waals surface area contributed by atoms with Gasteiger partial charge in [0.05, 0.1) is 30.1 Å². The molecule has 0 atom stereocenters. The summed E-state index contributed by atoms with van der Waals surface area (Å²) in [7, 11) is 3.39. The quantitative estimate of drug-likeness (QED) is 0.535. The van der Waals surface area contributed by atoms with Crippen molar-refractivity contribution < 1.29 is 23.0 Å². The summed E-state index contributed by atoms with van der Waals surface area (Å²) in [6, 6.07) is 4.77. The van der Waals surface area contributed by atoms with E-state index in [1.54, 1.807) is 25.4 Å². The van der Waals surface area contributed by atoms with E-state index in [0.717, 1.165) is 12.8 Å². The summed E-state index contributed by atoms with van der Waals surface area (Å²) in [5, 5.41) is 4.55. The van der Waals surface area contributed by atoms with Crippen LogP contribution in [0.25, 0.3) is 22.2 Å². The van der Waals surface area contributed by atoms with Gasteiger partial charge >= 0.3 is 6.61 Å². The van der Waals surface area contributed by atoms with Gasteiger partial charge in [0.2, 0.25) is 0 Å². The molecule has 2 heterocycles. The maximum absolute atomic E-state index is 12.9. The number of halogens is 2. The lowest BCUT2D eigenvalue weighted by Crippen LogP contribution is -2.19. The molecular formula is C22H25F2N3O4. The van der Waals surface area contributed by atoms with Gasteiger partial charge in [-0.25, -0.2) is 4.68 Å². The molecule has 4 rings (SSSR count). The molecule has 0 aliphatic heterocycles. The van der Waals surface area contributed by atoms with E-state index in [1.165, 1.54) is 10.7 Å². The number of rotatable bonds is 8. The Morgan fingerprint density at radius 2 is 1.94 bits per heavy atom. The molecule has 2 aromatic heterocycles. The Labute approximate surface area is 178 Å². The second kappa shape index (κ2) is 8.20. The highest BCUT2D eigenvalue weighted by Gasteiger charge is 2.27. The third kappa shape index (κ3) is 4.22. The van der Waals surface area contributed by atoms with Gasteiger partial charge < -0.3 is 18.8 Å². The number of aryl methyl sites for hydroxylation is 2. The van der Waals surface area contributed by atoms with E-state index < -0.39 is 6.61 Å². The van der Waals surface area contributed by atoms with Crippen LogP contribution in [0.2, 0.25) is 0 Å². The van der Waals surface area contributed by atoms with Crippen molar-refractivity contribution >= 4 is 10.9 Å². The number of fused-ring (bicyclic) bond motifs is 1. The van der Waals surface area contributed by atoms with E-state index in [4.69, 9.17) is 9.47 Å². The summed E-state index contributed by atoms with van der Waals surface area (Å²) in [5.41, 5.74) is 1.65. The van der Waals surface area contributed by atoms with Crippen LogP contribution in [0.4, 0.5) is 8.78 Å². The Morgan fingerprint density at radius 1 is 1.19 bits per heavy atom. The predicted octanol–water partition coefficient (Wildman–Crippen LogP) is 4.12. The van der Waals surface area contributed by atoms with E-state index in [2.05, 4.69) is 9.84 Å². The van der Waals surface area contributed by atoms with Gasteiger partial charge in [0.25, 0.3) is 5.56 Å². The minimum Gasteiger partial charge on any atom is -0.490 e. The van der Waals surface area contributed by atoms with Crippen molar-refractivity contribution in [2.45, 2.75) is 39.4 Å². The molecule has 1 saturated carbocycles. The Bertz CT molecular complexity index is 1170. The number of hydrogen-bond donors (Lipinski definition) is 0. The first-order valence-electron chi connectivity index (χ1n) is 10.2. The Morgan fingerprint density at radius 3 is 2.58 bits per heavy atom. The molecule has 0 unspecified atom stereocenters. The second-order valence-electron chi connectivity index (χ2n) is 8.13. The van der Waals surface area contributed by atoms with Crippen molar-refractivity contribution in [2.24, 2.45) is 20.0 Å². The van der Waals surface area contributed by atoms with Gasteiger partial charge in [-0.1, -0.05) is 13.8 Å². The summed E-state index contributed by atoms with van der Waals surface area (Å²) in [6.07, 6.45) is 3.35. The zero-order chi connectivity index (χ0) is 22.3. The molecule has 0 spiro atoms. The molecule has 166 valence electrons. The molecule has 0 saturated heterocycles. The van der Waals surface area contributed by atoms with Crippen LogP contribution in [0.3, 0.4) is 0 Å². The molecule has 1 aromatic carbocycles. The van der Waals surface area contributed by atoms with Crippen LogP contribution in [-0.4, -0.2) is 33.7 Å². The van der Waals surface area contributed by atoms with Crippen LogP contribution in [-0.2, 0) is 14.1 Å². The highest BCUT2D eigenvalue weighted by Crippen LogP contribution is 2.42. The van der Waals surface area contributed by atoms with Crippen molar-refractivity contribution in [3.63, 3.8) is 0 Å². The van der Waals surface area contributed by atoms with Gasteiger partial charge in [-0.2, -0.15) is 13.9 Å². The zero-order valence-corrected chi connectivity index (χ0v) is 17.9. The SMILES string of the molecule is CC(C)COc1c(-c2ccc(OC(F)F)c(OC3CC3)c2)n(C)c2cnn(C)c(=O)c12. The van der Waals surface area contributed by atoms with Gasteiger partial charge in [-0.3, -0.25) is 4.79 Å². The average Bonchev–Trinajstić information content (AvgIpc) is 3.47. The molecule has 3 aromatic rings. The number of aromatic nitrogens is 3. The monoisotopic (exact) mass is 433 g/mol. The van der Waals surface area contributed by atoms with Crippen molar-refractivity contribution in [3.8, 4) is 28.5 Å². The van der Waals surface area contributed by atoms with Crippen LogP contribution in [0.1, 0.15) is 26.7 Å².